The first-order chi connectivity index (χ1) is 8.59. The average molecular weight is 268 g/mol. The number of thiophene rings is 1. The van der Waals surface area contributed by atoms with Crippen molar-refractivity contribution in [3.05, 3.63) is 22.4 Å². The summed E-state index contributed by atoms with van der Waals surface area (Å²) < 4.78 is 0. The molecule has 2 rings (SSSR count). The number of carbonyl (C=O) groups excluding carboxylic acids is 1. The molecule has 1 aliphatic heterocycles. The van der Waals surface area contributed by atoms with Crippen LogP contribution in [0.25, 0.3) is 0 Å². The first-order valence-electron chi connectivity index (χ1n) is 6.35. The van der Waals surface area contributed by atoms with Crippen LogP contribution in [0, 0.1) is 5.92 Å². The van der Waals surface area contributed by atoms with Crippen LogP contribution in [0.4, 0.5) is 0 Å². The molecule has 2 atom stereocenters. The van der Waals surface area contributed by atoms with E-state index in [9.17, 15) is 9.90 Å². The Morgan fingerprint density at radius 1 is 1.56 bits per heavy atom. The molecule has 0 aromatic carbocycles. The summed E-state index contributed by atoms with van der Waals surface area (Å²) in [4.78, 5) is 15.0. The lowest BCUT2D eigenvalue weighted by atomic mass is 9.92. The van der Waals surface area contributed by atoms with Gasteiger partial charge < -0.3 is 15.7 Å². The zero-order valence-corrected chi connectivity index (χ0v) is 11.4. The quantitative estimate of drug-likeness (QED) is 0.870. The summed E-state index contributed by atoms with van der Waals surface area (Å²) in [5, 5.41) is 11.5. The summed E-state index contributed by atoms with van der Waals surface area (Å²) in [6.45, 7) is 3.22. The lowest BCUT2D eigenvalue weighted by Gasteiger charge is -2.34. The van der Waals surface area contributed by atoms with E-state index in [-0.39, 0.29) is 12.0 Å². The van der Waals surface area contributed by atoms with Gasteiger partial charge in [0.05, 0.1) is 6.10 Å². The van der Waals surface area contributed by atoms with Crippen molar-refractivity contribution < 1.29 is 9.90 Å². The van der Waals surface area contributed by atoms with Gasteiger partial charge in [0.25, 0.3) is 0 Å². The highest BCUT2D eigenvalue weighted by Crippen LogP contribution is 2.24. The molecule has 1 saturated heterocycles. The van der Waals surface area contributed by atoms with E-state index in [0.29, 0.717) is 19.0 Å². The molecule has 1 amide bonds. The van der Waals surface area contributed by atoms with Gasteiger partial charge in [0.2, 0.25) is 5.91 Å². The number of rotatable bonds is 3. The molecule has 1 aromatic rings. The number of nitrogens with zero attached hydrogens (tertiary/aromatic N) is 1. The number of aliphatic hydroxyl groups is 1. The van der Waals surface area contributed by atoms with Crippen molar-refractivity contribution in [1.29, 1.82) is 0 Å². The second kappa shape index (κ2) is 5.82. The summed E-state index contributed by atoms with van der Waals surface area (Å²) >= 11 is 1.52. The Kier molecular flexibility index (Phi) is 4.37. The molecule has 2 heterocycles. The Morgan fingerprint density at radius 3 is 2.72 bits per heavy atom. The molecule has 0 radical (unpaired) electrons. The summed E-state index contributed by atoms with van der Waals surface area (Å²) in [5.41, 5.74) is 5.98. The maximum atomic E-state index is 12.2. The molecule has 1 aliphatic rings. The first-order valence-corrected chi connectivity index (χ1v) is 7.23. The number of amides is 1. The van der Waals surface area contributed by atoms with Crippen LogP contribution in [0.1, 0.15) is 30.7 Å². The molecule has 0 aliphatic carbocycles. The normalized spacial score (nSPS) is 20.7. The molecule has 0 saturated carbocycles. The predicted molar refractivity (Wildman–Crippen MR) is 72.2 cm³/mol. The van der Waals surface area contributed by atoms with Crippen molar-refractivity contribution in [1.82, 2.24) is 4.90 Å². The molecular formula is C13H20N2O2S. The van der Waals surface area contributed by atoms with Crippen molar-refractivity contribution in [2.24, 2.45) is 11.7 Å². The Hall–Kier alpha value is -0.910. The SMILES string of the molecule is CC(O)C1CCN(C(=O)C(N)c2cccs2)CC1. The van der Waals surface area contributed by atoms with Gasteiger partial charge in [-0.3, -0.25) is 4.79 Å². The van der Waals surface area contributed by atoms with E-state index in [4.69, 9.17) is 5.73 Å². The van der Waals surface area contributed by atoms with Crippen molar-refractivity contribution in [2.45, 2.75) is 31.9 Å². The van der Waals surface area contributed by atoms with E-state index >= 15 is 0 Å². The Bertz CT molecular complexity index is 384. The molecule has 2 unspecified atom stereocenters. The van der Waals surface area contributed by atoms with Gasteiger partial charge in [0.1, 0.15) is 6.04 Å². The summed E-state index contributed by atoms with van der Waals surface area (Å²) in [6.07, 6.45) is 1.44. The lowest BCUT2D eigenvalue weighted by Crippen LogP contribution is -2.44. The average Bonchev–Trinajstić information content (AvgIpc) is 2.91. The molecule has 1 aromatic heterocycles. The minimum atomic E-state index is -0.534. The Labute approximate surface area is 111 Å². The molecule has 18 heavy (non-hydrogen) atoms. The number of nitrogens with two attached hydrogens (primary N) is 1. The number of likely N-dealkylation sites (tertiary alicyclic amines) is 1. The second-order valence-corrected chi connectivity index (χ2v) is 5.88. The predicted octanol–water partition coefficient (Wildman–Crippen LogP) is 1.37. The van der Waals surface area contributed by atoms with Gasteiger partial charge in [-0.05, 0) is 37.1 Å². The fourth-order valence-corrected chi connectivity index (χ4v) is 3.11. The van der Waals surface area contributed by atoms with Gasteiger partial charge >= 0.3 is 0 Å². The van der Waals surface area contributed by atoms with Crippen molar-refractivity contribution in [2.75, 3.05) is 13.1 Å². The number of piperidine rings is 1. The molecule has 5 heteroatoms. The number of carbonyl (C=O) groups is 1. The van der Waals surface area contributed by atoms with Gasteiger partial charge in [-0.15, -0.1) is 11.3 Å². The standard InChI is InChI=1S/C13H20N2O2S/c1-9(16)10-4-6-15(7-5-10)13(17)12(14)11-3-2-8-18-11/h2-3,8-10,12,16H,4-7,14H2,1H3. The van der Waals surface area contributed by atoms with Crippen LogP contribution in [0.2, 0.25) is 0 Å². The van der Waals surface area contributed by atoms with E-state index < -0.39 is 6.04 Å². The van der Waals surface area contributed by atoms with Crippen LogP contribution in [0.3, 0.4) is 0 Å². The van der Waals surface area contributed by atoms with E-state index in [2.05, 4.69) is 0 Å². The van der Waals surface area contributed by atoms with E-state index in [1.165, 1.54) is 11.3 Å². The smallest absolute Gasteiger partial charge is 0.244 e. The van der Waals surface area contributed by atoms with Crippen molar-refractivity contribution in [3.8, 4) is 0 Å². The summed E-state index contributed by atoms with van der Waals surface area (Å²) in [6, 6.07) is 3.27. The minimum absolute atomic E-state index is 0.00138. The van der Waals surface area contributed by atoms with Crippen LogP contribution in [0.5, 0.6) is 0 Å². The topological polar surface area (TPSA) is 66.6 Å². The zero-order chi connectivity index (χ0) is 13.1. The van der Waals surface area contributed by atoms with E-state index in [1.54, 1.807) is 0 Å². The highest BCUT2D eigenvalue weighted by atomic mass is 32.1. The fraction of sp³-hybridized carbons (Fsp3) is 0.615. The molecule has 0 spiro atoms. The highest BCUT2D eigenvalue weighted by molar-refractivity contribution is 7.10. The van der Waals surface area contributed by atoms with Crippen LogP contribution in [-0.2, 0) is 4.79 Å². The molecule has 0 bridgehead atoms. The number of hydrogen-bond donors (Lipinski definition) is 2. The maximum Gasteiger partial charge on any atom is 0.244 e. The maximum absolute atomic E-state index is 12.2. The zero-order valence-electron chi connectivity index (χ0n) is 10.6. The molecule has 4 nitrogen and oxygen atoms in total. The summed E-state index contributed by atoms with van der Waals surface area (Å²) in [5.74, 6) is 0.313. The Morgan fingerprint density at radius 2 is 2.22 bits per heavy atom. The van der Waals surface area contributed by atoms with Gasteiger partial charge in [0, 0.05) is 18.0 Å². The monoisotopic (exact) mass is 268 g/mol. The second-order valence-electron chi connectivity index (χ2n) is 4.90. The number of hydrogen-bond acceptors (Lipinski definition) is 4. The highest BCUT2D eigenvalue weighted by Gasteiger charge is 2.28. The van der Waals surface area contributed by atoms with Gasteiger partial charge in [0.15, 0.2) is 0 Å². The molecular weight excluding hydrogens is 248 g/mol. The van der Waals surface area contributed by atoms with Crippen molar-refractivity contribution in [3.63, 3.8) is 0 Å². The third kappa shape index (κ3) is 2.91. The third-order valence-electron chi connectivity index (χ3n) is 3.65. The summed E-state index contributed by atoms with van der Waals surface area (Å²) in [7, 11) is 0. The largest absolute Gasteiger partial charge is 0.393 e. The molecule has 3 N–H and O–H groups in total. The fourth-order valence-electron chi connectivity index (χ4n) is 2.39. The van der Waals surface area contributed by atoms with Gasteiger partial charge in [-0.1, -0.05) is 6.07 Å². The van der Waals surface area contributed by atoms with Gasteiger partial charge in [-0.25, -0.2) is 0 Å². The van der Waals surface area contributed by atoms with Crippen LogP contribution in [0.15, 0.2) is 17.5 Å². The van der Waals surface area contributed by atoms with E-state index in [0.717, 1.165) is 17.7 Å². The first kappa shape index (κ1) is 13.5. The van der Waals surface area contributed by atoms with Crippen molar-refractivity contribution >= 4 is 17.2 Å². The molecule has 1 fully saturated rings. The van der Waals surface area contributed by atoms with Gasteiger partial charge in [-0.2, -0.15) is 0 Å². The van der Waals surface area contributed by atoms with E-state index in [1.807, 2.05) is 29.3 Å². The van der Waals surface area contributed by atoms with Crippen LogP contribution < -0.4 is 5.73 Å². The Balaban J connectivity index is 1.91. The minimum Gasteiger partial charge on any atom is -0.393 e. The lowest BCUT2D eigenvalue weighted by molar-refractivity contribution is -0.134. The van der Waals surface area contributed by atoms with Crippen LogP contribution >= 0.6 is 11.3 Å². The molecule has 100 valence electrons. The number of aliphatic hydroxyl groups excluding tert-OH is 1. The van der Waals surface area contributed by atoms with Crippen LogP contribution in [-0.4, -0.2) is 35.1 Å². The third-order valence-corrected chi connectivity index (χ3v) is 4.60.